The SMILES string of the molecule is CCCCOCCCNc1cc2c(cc1N)OCC(=O)N2. The molecule has 0 spiro atoms. The summed E-state index contributed by atoms with van der Waals surface area (Å²) in [6.45, 7) is 4.50. The first-order valence-electron chi connectivity index (χ1n) is 7.38. The minimum Gasteiger partial charge on any atom is -0.482 e. The summed E-state index contributed by atoms with van der Waals surface area (Å²) in [4.78, 5) is 11.3. The van der Waals surface area contributed by atoms with Gasteiger partial charge in [-0.2, -0.15) is 0 Å². The van der Waals surface area contributed by atoms with Gasteiger partial charge in [0.2, 0.25) is 0 Å². The first-order chi connectivity index (χ1) is 10.2. The van der Waals surface area contributed by atoms with Crippen molar-refractivity contribution in [2.24, 2.45) is 0 Å². The summed E-state index contributed by atoms with van der Waals surface area (Å²) in [7, 11) is 0. The molecule has 6 heteroatoms. The third-order valence-electron chi connectivity index (χ3n) is 3.21. The van der Waals surface area contributed by atoms with Crippen LogP contribution in [0.15, 0.2) is 12.1 Å². The molecule has 0 atom stereocenters. The van der Waals surface area contributed by atoms with E-state index in [9.17, 15) is 4.79 Å². The summed E-state index contributed by atoms with van der Waals surface area (Å²) >= 11 is 0. The number of hydrogen-bond donors (Lipinski definition) is 3. The third kappa shape index (κ3) is 4.53. The number of carbonyl (C=O) groups excluding carboxylic acids is 1. The minimum atomic E-state index is -0.150. The van der Waals surface area contributed by atoms with Crippen LogP contribution < -0.4 is 21.1 Å². The lowest BCUT2D eigenvalue weighted by molar-refractivity contribution is -0.118. The molecule has 0 saturated carbocycles. The van der Waals surface area contributed by atoms with Crippen LogP contribution in [0, 0.1) is 0 Å². The van der Waals surface area contributed by atoms with Gasteiger partial charge in [0.05, 0.1) is 17.1 Å². The van der Waals surface area contributed by atoms with Gasteiger partial charge in [-0.05, 0) is 18.9 Å². The van der Waals surface area contributed by atoms with Crippen LogP contribution in [0.2, 0.25) is 0 Å². The first-order valence-corrected chi connectivity index (χ1v) is 7.38. The van der Waals surface area contributed by atoms with Crippen LogP contribution in [0.1, 0.15) is 26.2 Å². The number of benzene rings is 1. The molecular weight excluding hydrogens is 270 g/mol. The molecule has 0 aromatic heterocycles. The maximum atomic E-state index is 11.3. The minimum absolute atomic E-state index is 0.0360. The molecule has 21 heavy (non-hydrogen) atoms. The average molecular weight is 293 g/mol. The Morgan fingerprint density at radius 2 is 2.19 bits per heavy atom. The van der Waals surface area contributed by atoms with Gasteiger partial charge < -0.3 is 25.8 Å². The molecule has 0 unspecified atom stereocenters. The van der Waals surface area contributed by atoms with Crippen LogP contribution in [-0.4, -0.2) is 32.3 Å². The quantitative estimate of drug-likeness (QED) is 0.505. The van der Waals surface area contributed by atoms with Gasteiger partial charge in [0.1, 0.15) is 5.75 Å². The summed E-state index contributed by atoms with van der Waals surface area (Å²) in [6, 6.07) is 3.54. The molecule has 1 aliphatic rings. The average Bonchev–Trinajstić information content (AvgIpc) is 2.47. The number of amides is 1. The van der Waals surface area contributed by atoms with E-state index in [2.05, 4.69) is 17.6 Å². The molecular formula is C15H23N3O3. The van der Waals surface area contributed by atoms with E-state index >= 15 is 0 Å². The molecule has 0 fully saturated rings. The number of ether oxygens (including phenoxy) is 2. The molecule has 6 nitrogen and oxygen atoms in total. The Hall–Kier alpha value is -1.95. The summed E-state index contributed by atoms with van der Waals surface area (Å²) < 4.78 is 10.8. The summed E-state index contributed by atoms with van der Waals surface area (Å²) in [5.41, 5.74) is 8.04. The fraction of sp³-hybridized carbons (Fsp3) is 0.533. The van der Waals surface area contributed by atoms with Crippen molar-refractivity contribution in [3.63, 3.8) is 0 Å². The van der Waals surface area contributed by atoms with Gasteiger partial charge in [0.15, 0.2) is 6.61 Å². The van der Waals surface area contributed by atoms with Gasteiger partial charge in [-0.1, -0.05) is 13.3 Å². The highest BCUT2D eigenvalue weighted by Gasteiger charge is 2.17. The molecule has 0 bridgehead atoms. The largest absolute Gasteiger partial charge is 0.482 e. The smallest absolute Gasteiger partial charge is 0.262 e. The van der Waals surface area contributed by atoms with Crippen LogP contribution >= 0.6 is 0 Å². The number of nitrogens with two attached hydrogens (primary N) is 1. The Morgan fingerprint density at radius 1 is 1.38 bits per heavy atom. The van der Waals surface area contributed by atoms with Crippen LogP contribution in [0.5, 0.6) is 5.75 Å². The van der Waals surface area contributed by atoms with Crippen LogP contribution in [0.25, 0.3) is 0 Å². The highest BCUT2D eigenvalue weighted by atomic mass is 16.5. The van der Waals surface area contributed by atoms with Crippen molar-refractivity contribution in [1.29, 1.82) is 0 Å². The Kier molecular flexibility index (Phi) is 5.68. The van der Waals surface area contributed by atoms with Crippen molar-refractivity contribution < 1.29 is 14.3 Å². The highest BCUT2D eigenvalue weighted by molar-refractivity contribution is 5.97. The standard InChI is InChI=1S/C15H23N3O3/c1-2-3-6-20-7-4-5-17-12-9-13-14(8-11(12)16)21-10-15(19)18-13/h8-9,17H,2-7,10,16H2,1H3,(H,18,19). The fourth-order valence-corrected chi connectivity index (χ4v) is 2.04. The van der Waals surface area contributed by atoms with Crippen molar-refractivity contribution in [3.8, 4) is 5.75 Å². The molecule has 1 amide bonds. The second-order valence-corrected chi connectivity index (χ2v) is 5.02. The topological polar surface area (TPSA) is 85.6 Å². The molecule has 116 valence electrons. The van der Waals surface area contributed by atoms with Crippen molar-refractivity contribution in [2.45, 2.75) is 26.2 Å². The lowest BCUT2D eigenvalue weighted by Gasteiger charge is -2.20. The zero-order chi connectivity index (χ0) is 15.1. The molecule has 1 heterocycles. The number of rotatable bonds is 8. The predicted molar refractivity (Wildman–Crippen MR) is 83.8 cm³/mol. The van der Waals surface area contributed by atoms with Gasteiger partial charge in [-0.3, -0.25) is 4.79 Å². The van der Waals surface area contributed by atoms with E-state index in [1.807, 2.05) is 0 Å². The maximum Gasteiger partial charge on any atom is 0.262 e. The van der Waals surface area contributed by atoms with Gasteiger partial charge in [0, 0.05) is 25.8 Å². The summed E-state index contributed by atoms with van der Waals surface area (Å²) in [5, 5.41) is 6.02. The Balaban J connectivity index is 1.80. The number of fused-ring (bicyclic) bond motifs is 1. The van der Waals surface area contributed by atoms with E-state index in [1.54, 1.807) is 12.1 Å². The lowest BCUT2D eigenvalue weighted by Crippen LogP contribution is -2.25. The molecule has 1 aliphatic heterocycles. The van der Waals surface area contributed by atoms with Crippen molar-refractivity contribution in [1.82, 2.24) is 0 Å². The van der Waals surface area contributed by atoms with Gasteiger partial charge in [-0.25, -0.2) is 0 Å². The van der Waals surface area contributed by atoms with Crippen LogP contribution in [0.4, 0.5) is 17.1 Å². The molecule has 0 aliphatic carbocycles. The van der Waals surface area contributed by atoms with E-state index < -0.39 is 0 Å². The van der Waals surface area contributed by atoms with E-state index in [0.29, 0.717) is 17.1 Å². The number of anilines is 3. The Bertz CT molecular complexity index is 491. The maximum absolute atomic E-state index is 11.3. The lowest BCUT2D eigenvalue weighted by atomic mass is 10.2. The van der Waals surface area contributed by atoms with E-state index in [4.69, 9.17) is 15.2 Å². The van der Waals surface area contributed by atoms with Crippen molar-refractivity contribution >= 4 is 23.0 Å². The van der Waals surface area contributed by atoms with Crippen LogP contribution in [0.3, 0.4) is 0 Å². The second kappa shape index (κ2) is 7.73. The van der Waals surface area contributed by atoms with Crippen molar-refractivity contribution in [2.75, 3.05) is 42.7 Å². The zero-order valence-electron chi connectivity index (χ0n) is 12.4. The number of carbonyl (C=O) groups is 1. The Morgan fingerprint density at radius 3 is 3.00 bits per heavy atom. The number of unbranched alkanes of at least 4 members (excludes halogenated alkanes) is 1. The van der Waals surface area contributed by atoms with E-state index in [-0.39, 0.29) is 12.5 Å². The monoisotopic (exact) mass is 293 g/mol. The number of hydrogen-bond acceptors (Lipinski definition) is 5. The normalized spacial score (nSPS) is 13.3. The molecule has 0 saturated heterocycles. The summed E-state index contributed by atoms with van der Waals surface area (Å²) in [5.74, 6) is 0.461. The van der Waals surface area contributed by atoms with Crippen molar-refractivity contribution in [3.05, 3.63) is 12.1 Å². The van der Waals surface area contributed by atoms with E-state index in [0.717, 1.165) is 44.7 Å². The molecule has 1 aromatic carbocycles. The first kappa shape index (κ1) is 15.4. The predicted octanol–water partition coefficient (Wildman–Crippen LogP) is 2.22. The van der Waals surface area contributed by atoms with Gasteiger partial charge in [0.25, 0.3) is 5.91 Å². The zero-order valence-corrected chi connectivity index (χ0v) is 12.4. The number of nitrogens with one attached hydrogen (secondary N) is 2. The molecule has 2 rings (SSSR count). The van der Waals surface area contributed by atoms with Crippen LogP contribution in [-0.2, 0) is 9.53 Å². The molecule has 1 aromatic rings. The Labute approximate surface area is 125 Å². The summed E-state index contributed by atoms with van der Waals surface area (Å²) in [6.07, 6.45) is 3.16. The van der Waals surface area contributed by atoms with Gasteiger partial charge in [-0.15, -0.1) is 0 Å². The highest BCUT2D eigenvalue weighted by Crippen LogP contribution is 2.35. The number of nitrogen functional groups attached to an aromatic ring is 1. The van der Waals surface area contributed by atoms with E-state index in [1.165, 1.54) is 0 Å². The molecule has 0 radical (unpaired) electrons. The third-order valence-corrected chi connectivity index (χ3v) is 3.21. The fourth-order valence-electron chi connectivity index (χ4n) is 2.04. The van der Waals surface area contributed by atoms with Gasteiger partial charge >= 0.3 is 0 Å². The second-order valence-electron chi connectivity index (χ2n) is 5.02. The molecule has 4 N–H and O–H groups in total.